The fourth-order valence-electron chi connectivity index (χ4n) is 7.47. The number of nitrogens with one attached hydrogen (secondary N) is 2. The average Bonchev–Trinajstić information content (AvgIpc) is 3.70. The van der Waals surface area contributed by atoms with Gasteiger partial charge < -0.3 is 44.2 Å². The lowest BCUT2D eigenvalue weighted by Gasteiger charge is -2.31. The van der Waals surface area contributed by atoms with Gasteiger partial charge in [0.05, 0.1) is 18.2 Å². The Hall–Kier alpha value is -4.60. The van der Waals surface area contributed by atoms with E-state index in [-0.39, 0.29) is 51.0 Å². The fraction of sp³-hybridized carbons (Fsp3) is 0.652. The van der Waals surface area contributed by atoms with Gasteiger partial charge in [-0.15, -0.1) is 0 Å². The molecule has 2 aliphatic heterocycles. The first-order chi connectivity index (χ1) is 28.9. The van der Waals surface area contributed by atoms with Gasteiger partial charge in [-0.05, 0) is 63.8 Å². The molecule has 1 aromatic rings. The maximum Gasteiger partial charge on any atom is 0.348 e. The number of fused-ring (bicyclic) bond motifs is 1. The minimum absolute atomic E-state index is 0.00313. The Labute approximate surface area is 359 Å². The molecule has 3 aliphatic rings. The summed E-state index contributed by atoms with van der Waals surface area (Å²) < 4.78 is 35.4. The second-order valence-electron chi connectivity index (χ2n) is 17.7. The SMILES string of the molecule is CCCCCC1(CCCCC)OC2C=C(C(=O)NCCC(=O)NC(CO)CCC(=O)OC(C)(C)C)CC(OC(=O)c3ccccc3C=CC(=O)OC3C(=O)OCC3(C)C)C2O1. The first-order valence-electron chi connectivity index (χ1n) is 21.7. The van der Waals surface area contributed by atoms with Crippen molar-refractivity contribution in [1.29, 1.82) is 0 Å². The van der Waals surface area contributed by atoms with E-state index in [1.54, 1.807) is 65.0 Å². The smallest absolute Gasteiger partial charge is 0.348 e. The van der Waals surface area contributed by atoms with Gasteiger partial charge in [-0.1, -0.05) is 71.6 Å². The van der Waals surface area contributed by atoms with Crippen LogP contribution < -0.4 is 10.6 Å². The van der Waals surface area contributed by atoms with Crippen LogP contribution in [0.1, 0.15) is 141 Å². The summed E-state index contributed by atoms with van der Waals surface area (Å²) in [7, 11) is 0. The number of cyclic esters (lactones) is 1. The first kappa shape index (κ1) is 49.1. The Morgan fingerprint density at radius 3 is 2.28 bits per heavy atom. The quantitative estimate of drug-likeness (QED) is 0.0548. The van der Waals surface area contributed by atoms with Crippen molar-refractivity contribution in [3.05, 3.63) is 53.1 Å². The number of unbranched alkanes of at least 4 members (excludes halogenated alkanes) is 4. The van der Waals surface area contributed by atoms with E-state index in [0.717, 1.165) is 44.6 Å². The zero-order valence-electron chi connectivity index (χ0n) is 36.9. The van der Waals surface area contributed by atoms with E-state index in [4.69, 9.17) is 28.4 Å². The molecule has 1 aliphatic carbocycles. The molecule has 15 nitrogen and oxygen atoms in total. The number of hydrogen-bond acceptors (Lipinski definition) is 13. The van der Waals surface area contributed by atoms with Crippen LogP contribution in [0.3, 0.4) is 0 Å². The summed E-state index contributed by atoms with van der Waals surface area (Å²) in [5.41, 5.74) is -0.524. The number of rotatable bonds is 22. The number of aliphatic hydroxyl groups is 1. The van der Waals surface area contributed by atoms with E-state index in [9.17, 15) is 33.9 Å². The third kappa shape index (κ3) is 14.8. The van der Waals surface area contributed by atoms with Crippen LogP contribution in [0, 0.1) is 5.41 Å². The van der Waals surface area contributed by atoms with Crippen LogP contribution in [0.4, 0.5) is 0 Å². The predicted octanol–water partition coefficient (Wildman–Crippen LogP) is 5.80. The van der Waals surface area contributed by atoms with Crippen molar-refractivity contribution >= 4 is 41.8 Å². The molecule has 15 heteroatoms. The van der Waals surface area contributed by atoms with Crippen LogP contribution in [0.15, 0.2) is 42.0 Å². The summed E-state index contributed by atoms with van der Waals surface area (Å²) in [4.78, 5) is 77.5. The second-order valence-corrected chi connectivity index (χ2v) is 17.7. The third-order valence-corrected chi connectivity index (χ3v) is 10.7. The summed E-state index contributed by atoms with van der Waals surface area (Å²) in [5, 5.41) is 15.3. The number of benzene rings is 1. The molecule has 2 fully saturated rings. The molecule has 0 saturated carbocycles. The summed E-state index contributed by atoms with van der Waals surface area (Å²) in [6.45, 7) is 12.8. The van der Waals surface area contributed by atoms with Crippen LogP contribution >= 0.6 is 0 Å². The van der Waals surface area contributed by atoms with Crippen LogP contribution in [-0.2, 0) is 52.4 Å². The largest absolute Gasteiger partial charge is 0.462 e. The summed E-state index contributed by atoms with van der Waals surface area (Å²) in [6, 6.07) is 5.89. The fourth-order valence-corrected chi connectivity index (χ4v) is 7.47. The Morgan fingerprint density at radius 2 is 1.66 bits per heavy atom. The molecule has 61 heavy (non-hydrogen) atoms. The molecular weight excluding hydrogens is 789 g/mol. The lowest BCUT2D eigenvalue weighted by molar-refractivity contribution is -0.190. The molecule has 0 aromatic heterocycles. The van der Waals surface area contributed by atoms with Gasteiger partial charge in [0.1, 0.15) is 30.5 Å². The summed E-state index contributed by atoms with van der Waals surface area (Å²) >= 11 is 0. The highest BCUT2D eigenvalue weighted by atomic mass is 16.8. The zero-order chi connectivity index (χ0) is 44.8. The van der Waals surface area contributed by atoms with Gasteiger partial charge in [0, 0.05) is 55.7 Å². The van der Waals surface area contributed by atoms with E-state index in [1.807, 2.05) is 0 Å². The normalized spacial score (nSPS) is 22.1. The Morgan fingerprint density at radius 1 is 0.967 bits per heavy atom. The van der Waals surface area contributed by atoms with Crippen molar-refractivity contribution in [3.8, 4) is 0 Å². The highest BCUT2D eigenvalue weighted by molar-refractivity contribution is 5.97. The van der Waals surface area contributed by atoms with Gasteiger partial charge in [-0.3, -0.25) is 14.4 Å². The van der Waals surface area contributed by atoms with E-state index >= 15 is 0 Å². The molecule has 2 amide bonds. The van der Waals surface area contributed by atoms with Crippen molar-refractivity contribution in [1.82, 2.24) is 10.6 Å². The molecule has 5 atom stereocenters. The number of ether oxygens (including phenoxy) is 6. The number of aliphatic hydroxyl groups excluding tert-OH is 1. The third-order valence-electron chi connectivity index (χ3n) is 10.7. The minimum atomic E-state index is -1.06. The lowest BCUT2D eigenvalue weighted by Crippen LogP contribution is -2.44. The Kier molecular flexibility index (Phi) is 18.1. The first-order valence-corrected chi connectivity index (χ1v) is 21.7. The maximum absolute atomic E-state index is 14.0. The van der Waals surface area contributed by atoms with Crippen LogP contribution in [-0.4, -0.2) is 102 Å². The highest BCUT2D eigenvalue weighted by Gasteiger charge is 2.52. The molecule has 3 N–H and O–H groups in total. The molecule has 0 bridgehead atoms. The molecule has 5 unspecified atom stereocenters. The Balaban J connectivity index is 1.47. The maximum atomic E-state index is 14.0. The van der Waals surface area contributed by atoms with Crippen LogP contribution in [0.2, 0.25) is 0 Å². The standard InChI is InChI=1S/C46H66N2O13/c1-8-10-14-23-46(24-15-11-9-2)59-35-27-31(41(53)47-25-22-36(50)48-32(28-49)19-21-38(52)60-44(3,4)5)26-34(39(35)61-46)57-42(54)33-17-13-12-16-30(33)18-20-37(51)58-40-43(55)56-29-45(40,6)7/h12-13,16-18,20,27,32,34-35,39-40,49H,8-11,14-15,19,21-26,28-29H2,1-7H3,(H,47,53)(H,48,50). The molecule has 0 spiro atoms. The average molecular weight is 855 g/mol. The van der Waals surface area contributed by atoms with Gasteiger partial charge in [-0.25, -0.2) is 14.4 Å². The van der Waals surface area contributed by atoms with E-state index in [1.165, 1.54) is 6.08 Å². The number of amides is 2. The molecular formula is C46H66N2O13. The molecule has 2 heterocycles. The lowest BCUT2D eigenvalue weighted by atomic mass is 9.90. The Bertz CT molecular complexity index is 1750. The highest BCUT2D eigenvalue weighted by Crippen LogP contribution is 2.43. The number of hydrogen-bond donors (Lipinski definition) is 3. The van der Waals surface area contributed by atoms with Crippen molar-refractivity contribution in [2.45, 2.75) is 167 Å². The van der Waals surface area contributed by atoms with Crippen molar-refractivity contribution in [2.75, 3.05) is 19.8 Å². The molecule has 338 valence electrons. The topological polar surface area (TPSA) is 202 Å². The second kappa shape index (κ2) is 22.5. The monoisotopic (exact) mass is 854 g/mol. The van der Waals surface area contributed by atoms with Crippen LogP contribution in [0.25, 0.3) is 6.08 Å². The van der Waals surface area contributed by atoms with Gasteiger partial charge in [-0.2, -0.15) is 0 Å². The summed E-state index contributed by atoms with van der Waals surface area (Å²) in [5.74, 6) is -4.36. The van der Waals surface area contributed by atoms with Gasteiger partial charge in [0.25, 0.3) is 0 Å². The van der Waals surface area contributed by atoms with E-state index in [2.05, 4.69) is 24.5 Å². The predicted molar refractivity (Wildman–Crippen MR) is 224 cm³/mol. The van der Waals surface area contributed by atoms with Crippen LogP contribution in [0.5, 0.6) is 0 Å². The van der Waals surface area contributed by atoms with E-state index < -0.39 is 83.0 Å². The summed E-state index contributed by atoms with van der Waals surface area (Å²) in [6.07, 6.45) is 7.94. The van der Waals surface area contributed by atoms with Crippen molar-refractivity contribution in [2.24, 2.45) is 5.41 Å². The van der Waals surface area contributed by atoms with Gasteiger partial charge >= 0.3 is 23.9 Å². The number of esters is 4. The minimum Gasteiger partial charge on any atom is -0.462 e. The van der Waals surface area contributed by atoms with Crippen molar-refractivity contribution in [3.63, 3.8) is 0 Å². The molecule has 1 aromatic carbocycles. The van der Waals surface area contributed by atoms with Crippen molar-refractivity contribution < 1.29 is 62.3 Å². The molecule has 0 radical (unpaired) electrons. The molecule has 2 saturated heterocycles. The molecule has 4 rings (SSSR count). The number of carbonyl (C=O) groups excluding carboxylic acids is 6. The van der Waals surface area contributed by atoms with Gasteiger partial charge in [0.2, 0.25) is 17.9 Å². The zero-order valence-corrected chi connectivity index (χ0v) is 36.9. The van der Waals surface area contributed by atoms with E-state index in [0.29, 0.717) is 24.0 Å². The van der Waals surface area contributed by atoms with Gasteiger partial charge in [0.15, 0.2) is 5.79 Å². The number of carbonyl (C=O) groups is 6.